The van der Waals surface area contributed by atoms with E-state index in [-0.39, 0.29) is 6.54 Å². The number of benzene rings is 1. The molecule has 0 fully saturated rings. The number of rotatable bonds is 6. The van der Waals surface area contributed by atoms with Gasteiger partial charge in [0.1, 0.15) is 12.3 Å². The largest absolute Gasteiger partial charge is 0.496 e. The van der Waals surface area contributed by atoms with Gasteiger partial charge in [0.2, 0.25) is 5.91 Å². The van der Waals surface area contributed by atoms with Gasteiger partial charge in [0, 0.05) is 16.6 Å². The zero-order valence-corrected chi connectivity index (χ0v) is 13.2. The Morgan fingerprint density at radius 1 is 1.43 bits per heavy atom. The predicted octanol–water partition coefficient (Wildman–Crippen LogP) is 2.57. The van der Waals surface area contributed by atoms with E-state index in [4.69, 9.17) is 4.74 Å². The monoisotopic (exact) mass is 368 g/mol. The van der Waals surface area contributed by atoms with Crippen molar-refractivity contribution in [2.24, 2.45) is 0 Å². The van der Waals surface area contributed by atoms with Gasteiger partial charge in [-0.1, -0.05) is 15.9 Å². The van der Waals surface area contributed by atoms with Crippen LogP contribution in [0.3, 0.4) is 0 Å². The van der Waals surface area contributed by atoms with E-state index in [1.807, 2.05) is 17.4 Å². The first-order chi connectivity index (χ1) is 9.71. The lowest BCUT2D eigenvalue weighted by Crippen LogP contribution is -2.39. The highest BCUT2D eigenvalue weighted by Gasteiger charge is 2.27. The van der Waals surface area contributed by atoms with Crippen molar-refractivity contribution in [1.82, 2.24) is 10.2 Å². The standard InChI is InChI=1S/C13H16BrF3N2O2/c1-19(7-12(20)18-8-13(15,16)17)6-9-5-10(14)3-4-11(9)21-2/h3-5H,6-8H2,1-2H3,(H,18,20). The van der Waals surface area contributed by atoms with Crippen molar-refractivity contribution < 1.29 is 22.7 Å². The van der Waals surface area contributed by atoms with Gasteiger partial charge in [0.25, 0.3) is 0 Å². The summed E-state index contributed by atoms with van der Waals surface area (Å²) < 4.78 is 42.0. The molecule has 0 heterocycles. The molecule has 0 saturated heterocycles. The first-order valence-corrected chi connectivity index (χ1v) is 6.85. The Labute approximate surface area is 129 Å². The Balaban J connectivity index is 2.55. The minimum atomic E-state index is -4.40. The van der Waals surface area contributed by atoms with Gasteiger partial charge in [0.05, 0.1) is 13.7 Å². The Morgan fingerprint density at radius 2 is 2.10 bits per heavy atom. The summed E-state index contributed by atoms with van der Waals surface area (Å²) in [5.74, 6) is -0.0236. The van der Waals surface area contributed by atoms with E-state index in [0.29, 0.717) is 12.3 Å². The summed E-state index contributed by atoms with van der Waals surface area (Å²) in [4.78, 5) is 13.0. The average molecular weight is 369 g/mol. The molecule has 1 rings (SSSR count). The molecule has 1 aromatic carbocycles. The third-order valence-electron chi connectivity index (χ3n) is 2.58. The molecule has 0 radical (unpaired) electrons. The highest BCUT2D eigenvalue weighted by Crippen LogP contribution is 2.23. The molecular formula is C13H16BrF3N2O2. The summed E-state index contributed by atoms with van der Waals surface area (Å²) in [5, 5.41) is 1.83. The lowest BCUT2D eigenvalue weighted by Gasteiger charge is -2.18. The quantitative estimate of drug-likeness (QED) is 0.838. The van der Waals surface area contributed by atoms with Crippen molar-refractivity contribution in [3.63, 3.8) is 0 Å². The third-order valence-corrected chi connectivity index (χ3v) is 3.08. The lowest BCUT2D eigenvalue weighted by atomic mass is 10.2. The molecule has 118 valence electrons. The van der Waals surface area contributed by atoms with Crippen LogP contribution in [0.1, 0.15) is 5.56 Å². The predicted molar refractivity (Wildman–Crippen MR) is 76.1 cm³/mol. The van der Waals surface area contributed by atoms with E-state index in [0.717, 1.165) is 10.0 Å². The van der Waals surface area contributed by atoms with Crippen LogP contribution in [0.5, 0.6) is 5.75 Å². The second-order valence-corrected chi connectivity index (χ2v) is 5.44. The van der Waals surface area contributed by atoms with Crippen molar-refractivity contribution >= 4 is 21.8 Å². The SMILES string of the molecule is COc1ccc(Br)cc1CN(C)CC(=O)NCC(F)(F)F. The second-order valence-electron chi connectivity index (χ2n) is 4.52. The number of ether oxygens (including phenoxy) is 1. The highest BCUT2D eigenvalue weighted by molar-refractivity contribution is 9.10. The van der Waals surface area contributed by atoms with E-state index in [2.05, 4.69) is 15.9 Å². The summed E-state index contributed by atoms with van der Waals surface area (Å²) in [6, 6.07) is 5.43. The molecule has 4 nitrogen and oxygen atoms in total. The van der Waals surface area contributed by atoms with E-state index < -0.39 is 18.6 Å². The molecule has 0 unspecified atom stereocenters. The number of carbonyl (C=O) groups excluding carboxylic acids is 1. The van der Waals surface area contributed by atoms with Gasteiger partial charge >= 0.3 is 6.18 Å². The summed E-state index contributed by atoms with van der Waals surface area (Å²) in [5.41, 5.74) is 0.831. The molecule has 0 saturated carbocycles. The Hall–Kier alpha value is -1.28. The molecule has 0 aliphatic carbocycles. The van der Waals surface area contributed by atoms with Crippen LogP contribution in [0.25, 0.3) is 0 Å². The van der Waals surface area contributed by atoms with Crippen molar-refractivity contribution in [3.8, 4) is 5.75 Å². The number of alkyl halides is 3. The molecule has 0 bridgehead atoms. The summed E-state index contributed by atoms with van der Waals surface area (Å²) in [7, 11) is 3.18. The normalized spacial score (nSPS) is 11.6. The van der Waals surface area contributed by atoms with Crippen molar-refractivity contribution in [2.75, 3.05) is 27.2 Å². The zero-order valence-electron chi connectivity index (χ0n) is 11.6. The number of nitrogens with zero attached hydrogens (tertiary/aromatic N) is 1. The lowest BCUT2D eigenvalue weighted by molar-refractivity contribution is -0.138. The first kappa shape index (κ1) is 17.8. The molecule has 1 N–H and O–H groups in total. The van der Waals surface area contributed by atoms with E-state index in [1.54, 1.807) is 18.0 Å². The molecular weight excluding hydrogens is 353 g/mol. The maximum atomic E-state index is 12.0. The summed E-state index contributed by atoms with van der Waals surface area (Å²) >= 11 is 3.33. The first-order valence-electron chi connectivity index (χ1n) is 6.05. The third kappa shape index (κ3) is 6.81. The number of carbonyl (C=O) groups is 1. The molecule has 21 heavy (non-hydrogen) atoms. The van der Waals surface area contributed by atoms with E-state index in [9.17, 15) is 18.0 Å². The fourth-order valence-corrected chi connectivity index (χ4v) is 2.13. The molecule has 1 amide bonds. The Kier molecular flexibility index (Phi) is 6.47. The van der Waals surface area contributed by atoms with Crippen molar-refractivity contribution in [1.29, 1.82) is 0 Å². The fraction of sp³-hybridized carbons (Fsp3) is 0.462. The molecule has 1 aromatic rings. The minimum Gasteiger partial charge on any atom is -0.496 e. The van der Waals surface area contributed by atoms with Gasteiger partial charge in [-0.2, -0.15) is 13.2 Å². The van der Waals surface area contributed by atoms with Crippen LogP contribution in [0.2, 0.25) is 0 Å². The van der Waals surface area contributed by atoms with Crippen LogP contribution in [-0.2, 0) is 11.3 Å². The van der Waals surface area contributed by atoms with Crippen LogP contribution in [0.4, 0.5) is 13.2 Å². The van der Waals surface area contributed by atoms with Gasteiger partial charge in [-0.15, -0.1) is 0 Å². The minimum absolute atomic E-state index is 0.133. The van der Waals surface area contributed by atoms with Crippen LogP contribution in [0.15, 0.2) is 22.7 Å². The second kappa shape index (κ2) is 7.65. The van der Waals surface area contributed by atoms with Crippen molar-refractivity contribution in [3.05, 3.63) is 28.2 Å². The topological polar surface area (TPSA) is 41.6 Å². The number of likely N-dealkylation sites (N-methyl/N-ethyl adjacent to an activating group) is 1. The van der Waals surface area contributed by atoms with Crippen LogP contribution >= 0.6 is 15.9 Å². The number of nitrogens with one attached hydrogen (secondary N) is 1. The van der Waals surface area contributed by atoms with Crippen LogP contribution in [-0.4, -0.2) is 44.2 Å². The number of amides is 1. The van der Waals surface area contributed by atoms with E-state index >= 15 is 0 Å². The number of halogens is 4. The summed E-state index contributed by atoms with van der Waals surface area (Å²) in [6.45, 7) is -1.08. The zero-order chi connectivity index (χ0) is 16.0. The molecule has 0 aliphatic heterocycles. The van der Waals surface area contributed by atoms with E-state index in [1.165, 1.54) is 7.11 Å². The molecule has 8 heteroatoms. The van der Waals surface area contributed by atoms with Crippen LogP contribution < -0.4 is 10.1 Å². The average Bonchev–Trinajstić information content (AvgIpc) is 2.35. The highest BCUT2D eigenvalue weighted by atomic mass is 79.9. The smallest absolute Gasteiger partial charge is 0.405 e. The van der Waals surface area contributed by atoms with Gasteiger partial charge in [-0.05, 0) is 25.2 Å². The number of hydrogen-bond donors (Lipinski definition) is 1. The Bertz CT molecular complexity index is 495. The molecule has 0 aromatic heterocycles. The molecule has 0 atom stereocenters. The van der Waals surface area contributed by atoms with Crippen LogP contribution in [0, 0.1) is 0 Å². The van der Waals surface area contributed by atoms with Gasteiger partial charge in [-0.3, -0.25) is 9.69 Å². The number of hydrogen-bond acceptors (Lipinski definition) is 3. The maximum absolute atomic E-state index is 12.0. The molecule has 0 aliphatic rings. The van der Waals surface area contributed by atoms with Gasteiger partial charge in [0.15, 0.2) is 0 Å². The fourth-order valence-electron chi connectivity index (χ4n) is 1.72. The maximum Gasteiger partial charge on any atom is 0.405 e. The number of methoxy groups -OCH3 is 1. The van der Waals surface area contributed by atoms with Gasteiger partial charge in [-0.25, -0.2) is 0 Å². The van der Waals surface area contributed by atoms with Gasteiger partial charge < -0.3 is 10.1 Å². The van der Waals surface area contributed by atoms with Crippen molar-refractivity contribution in [2.45, 2.75) is 12.7 Å². The molecule has 0 spiro atoms. The Morgan fingerprint density at radius 3 is 2.67 bits per heavy atom. The summed E-state index contributed by atoms with van der Waals surface area (Å²) in [6.07, 6.45) is -4.40.